The highest BCUT2D eigenvalue weighted by Crippen LogP contribution is 2.07. The van der Waals surface area contributed by atoms with Crippen LogP contribution in [0.3, 0.4) is 0 Å². The zero-order valence-electron chi connectivity index (χ0n) is 14.6. The Balaban J connectivity index is 0.00000484. The van der Waals surface area contributed by atoms with E-state index in [9.17, 15) is 4.79 Å². The molecule has 0 heterocycles. The molecule has 0 spiro atoms. The van der Waals surface area contributed by atoms with Crippen molar-refractivity contribution in [3.05, 3.63) is 35.4 Å². The van der Waals surface area contributed by atoms with Crippen molar-refractivity contribution in [2.75, 3.05) is 27.2 Å². The summed E-state index contributed by atoms with van der Waals surface area (Å²) >= 11 is 0. The molecule has 1 amide bonds. The van der Waals surface area contributed by atoms with Crippen LogP contribution in [0.5, 0.6) is 0 Å². The van der Waals surface area contributed by atoms with Crippen molar-refractivity contribution in [2.45, 2.75) is 33.2 Å². The fourth-order valence-corrected chi connectivity index (χ4v) is 1.91. The van der Waals surface area contributed by atoms with Gasteiger partial charge in [-0.1, -0.05) is 25.5 Å². The zero-order valence-corrected chi connectivity index (χ0v) is 16.9. The van der Waals surface area contributed by atoms with Crippen LogP contribution in [-0.2, 0) is 6.54 Å². The molecular formula is C17H29IN4O. The van der Waals surface area contributed by atoms with Gasteiger partial charge in [-0.25, -0.2) is 4.99 Å². The number of rotatable bonds is 7. The van der Waals surface area contributed by atoms with Gasteiger partial charge < -0.3 is 15.5 Å². The van der Waals surface area contributed by atoms with Gasteiger partial charge in [0.25, 0.3) is 5.91 Å². The lowest BCUT2D eigenvalue weighted by molar-refractivity contribution is 0.0827. The number of carbonyl (C=O) groups excluding carboxylic acids is 1. The van der Waals surface area contributed by atoms with Gasteiger partial charge in [-0.3, -0.25) is 4.79 Å². The van der Waals surface area contributed by atoms with Crippen molar-refractivity contribution in [1.82, 2.24) is 15.5 Å². The SMILES string of the molecule is CCCCNC(=NCc1ccc(C(=O)N(C)C)cc1)NCC.I. The molecule has 0 saturated heterocycles. The average molecular weight is 432 g/mol. The van der Waals surface area contributed by atoms with E-state index < -0.39 is 0 Å². The van der Waals surface area contributed by atoms with Crippen LogP contribution in [0.4, 0.5) is 0 Å². The first-order valence-electron chi connectivity index (χ1n) is 7.91. The van der Waals surface area contributed by atoms with Gasteiger partial charge in [0.1, 0.15) is 0 Å². The summed E-state index contributed by atoms with van der Waals surface area (Å²) in [5.74, 6) is 0.856. The largest absolute Gasteiger partial charge is 0.357 e. The van der Waals surface area contributed by atoms with Crippen molar-refractivity contribution in [3.8, 4) is 0 Å². The lowest BCUT2D eigenvalue weighted by Crippen LogP contribution is -2.37. The Morgan fingerprint density at radius 1 is 1.13 bits per heavy atom. The maximum Gasteiger partial charge on any atom is 0.253 e. The summed E-state index contributed by atoms with van der Waals surface area (Å²) in [6, 6.07) is 7.61. The molecule has 6 heteroatoms. The van der Waals surface area contributed by atoms with Crippen LogP contribution >= 0.6 is 24.0 Å². The molecule has 0 aliphatic heterocycles. The molecule has 0 fully saturated rings. The number of hydrogen-bond acceptors (Lipinski definition) is 2. The minimum atomic E-state index is 0. The number of halogens is 1. The Morgan fingerprint density at radius 3 is 2.30 bits per heavy atom. The Bertz CT molecular complexity index is 486. The maximum absolute atomic E-state index is 11.8. The maximum atomic E-state index is 11.8. The van der Waals surface area contributed by atoms with E-state index in [4.69, 9.17) is 0 Å². The number of unbranched alkanes of at least 4 members (excludes halogenated alkanes) is 1. The molecule has 2 N–H and O–H groups in total. The fourth-order valence-electron chi connectivity index (χ4n) is 1.91. The monoisotopic (exact) mass is 432 g/mol. The Kier molecular flexibility index (Phi) is 11.5. The van der Waals surface area contributed by atoms with Crippen LogP contribution in [0.2, 0.25) is 0 Å². The van der Waals surface area contributed by atoms with E-state index in [1.807, 2.05) is 24.3 Å². The normalized spacial score (nSPS) is 10.7. The minimum absolute atomic E-state index is 0. The number of benzene rings is 1. The molecular weight excluding hydrogens is 403 g/mol. The molecule has 0 aliphatic carbocycles. The molecule has 1 aromatic carbocycles. The van der Waals surface area contributed by atoms with Crippen LogP contribution in [-0.4, -0.2) is 44.0 Å². The van der Waals surface area contributed by atoms with Gasteiger partial charge in [0, 0.05) is 32.7 Å². The van der Waals surface area contributed by atoms with Gasteiger partial charge in [-0.2, -0.15) is 0 Å². The molecule has 130 valence electrons. The number of guanidine groups is 1. The number of nitrogens with one attached hydrogen (secondary N) is 2. The topological polar surface area (TPSA) is 56.7 Å². The van der Waals surface area contributed by atoms with Gasteiger partial charge in [0.05, 0.1) is 6.54 Å². The van der Waals surface area contributed by atoms with Crippen LogP contribution in [0.25, 0.3) is 0 Å². The van der Waals surface area contributed by atoms with Crippen molar-refractivity contribution < 1.29 is 4.79 Å². The second kappa shape index (κ2) is 12.2. The first kappa shape index (κ1) is 21.7. The van der Waals surface area contributed by atoms with Crippen LogP contribution in [0.15, 0.2) is 29.3 Å². The number of amides is 1. The molecule has 23 heavy (non-hydrogen) atoms. The van der Waals surface area contributed by atoms with Crippen LogP contribution < -0.4 is 10.6 Å². The Morgan fingerprint density at radius 2 is 1.78 bits per heavy atom. The third-order valence-electron chi connectivity index (χ3n) is 3.19. The minimum Gasteiger partial charge on any atom is -0.357 e. The molecule has 1 aromatic rings. The molecule has 0 bridgehead atoms. The Hall–Kier alpha value is -1.31. The standard InChI is InChI=1S/C17H28N4O.HI/c1-5-7-12-19-17(18-6-2)20-13-14-8-10-15(11-9-14)16(22)21(3)4;/h8-11H,5-7,12-13H2,1-4H3,(H2,18,19,20);1H. The zero-order chi connectivity index (χ0) is 16.4. The van der Waals surface area contributed by atoms with E-state index in [2.05, 4.69) is 29.5 Å². The highest BCUT2D eigenvalue weighted by molar-refractivity contribution is 14.0. The van der Waals surface area contributed by atoms with Crippen LogP contribution in [0.1, 0.15) is 42.6 Å². The lowest BCUT2D eigenvalue weighted by atomic mass is 10.1. The summed E-state index contributed by atoms with van der Waals surface area (Å²) in [4.78, 5) is 18.0. The van der Waals surface area contributed by atoms with Gasteiger partial charge in [0.2, 0.25) is 0 Å². The quantitative estimate of drug-likeness (QED) is 0.302. The van der Waals surface area contributed by atoms with Gasteiger partial charge in [0.15, 0.2) is 5.96 Å². The van der Waals surface area contributed by atoms with E-state index in [1.165, 1.54) is 0 Å². The first-order valence-corrected chi connectivity index (χ1v) is 7.91. The fraction of sp³-hybridized carbons (Fsp3) is 0.529. The molecule has 0 unspecified atom stereocenters. The molecule has 1 rings (SSSR count). The van der Waals surface area contributed by atoms with Gasteiger partial charge in [-0.05, 0) is 31.0 Å². The summed E-state index contributed by atoms with van der Waals surface area (Å²) < 4.78 is 0. The molecule has 0 saturated carbocycles. The van der Waals surface area contributed by atoms with Crippen molar-refractivity contribution in [3.63, 3.8) is 0 Å². The number of hydrogen-bond donors (Lipinski definition) is 2. The third kappa shape index (κ3) is 8.20. The molecule has 0 atom stereocenters. The lowest BCUT2D eigenvalue weighted by Gasteiger charge is -2.11. The van der Waals surface area contributed by atoms with E-state index >= 15 is 0 Å². The van der Waals surface area contributed by atoms with E-state index in [1.54, 1.807) is 19.0 Å². The number of carbonyl (C=O) groups is 1. The number of aliphatic imine (C=N–C) groups is 1. The molecule has 0 radical (unpaired) electrons. The third-order valence-corrected chi connectivity index (χ3v) is 3.19. The smallest absolute Gasteiger partial charge is 0.253 e. The molecule has 5 nitrogen and oxygen atoms in total. The van der Waals surface area contributed by atoms with Gasteiger partial charge >= 0.3 is 0 Å². The summed E-state index contributed by atoms with van der Waals surface area (Å²) in [7, 11) is 3.51. The van der Waals surface area contributed by atoms with Crippen LogP contribution in [0, 0.1) is 0 Å². The Labute approximate surface area is 157 Å². The predicted molar refractivity (Wildman–Crippen MR) is 108 cm³/mol. The average Bonchev–Trinajstić information content (AvgIpc) is 2.52. The predicted octanol–water partition coefficient (Wildman–Crippen LogP) is 2.86. The van der Waals surface area contributed by atoms with Crippen molar-refractivity contribution in [1.29, 1.82) is 0 Å². The van der Waals surface area contributed by atoms with E-state index in [-0.39, 0.29) is 29.9 Å². The van der Waals surface area contributed by atoms with E-state index in [0.29, 0.717) is 12.1 Å². The molecule has 0 aromatic heterocycles. The number of nitrogens with zero attached hydrogens (tertiary/aromatic N) is 2. The van der Waals surface area contributed by atoms with E-state index in [0.717, 1.165) is 37.5 Å². The highest BCUT2D eigenvalue weighted by Gasteiger charge is 2.07. The van der Waals surface area contributed by atoms with Crippen molar-refractivity contribution >= 4 is 35.8 Å². The van der Waals surface area contributed by atoms with Gasteiger partial charge in [-0.15, -0.1) is 24.0 Å². The summed E-state index contributed by atoms with van der Waals surface area (Å²) in [5, 5.41) is 6.55. The summed E-state index contributed by atoms with van der Waals surface area (Å²) in [6.07, 6.45) is 2.29. The summed E-state index contributed by atoms with van der Waals surface area (Å²) in [6.45, 7) is 6.59. The first-order chi connectivity index (χ1) is 10.6. The highest BCUT2D eigenvalue weighted by atomic mass is 127. The second-order valence-electron chi connectivity index (χ2n) is 5.37. The summed E-state index contributed by atoms with van der Waals surface area (Å²) in [5.41, 5.74) is 1.79. The van der Waals surface area contributed by atoms with Crippen molar-refractivity contribution in [2.24, 2.45) is 4.99 Å². The molecule has 0 aliphatic rings. The second-order valence-corrected chi connectivity index (χ2v) is 5.37.